The van der Waals surface area contributed by atoms with Gasteiger partial charge in [-0.1, -0.05) is 23.7 Å². The Balaban J connectivity index is 2.99. The van der Waals surface area contributed by atoms with Gasteiger partial charge in [-0.25, -0.2) is 0 Å². The SMILES string of the molecule is COC(=O)C(C)(Cc1ccc(Cl)cc1)C(=O)O. The average molecular weight is 257 g/mol. The van der Waals surface area contributed by atoms with Gasteiger partial charge in [0.2, 0.25) is 0 Å². The summed E-state index contributed by atoms with van der Waals surface area (Å²) in [6.45, 7) is 1.34. The zero-order valence-corrected chi connectivity index (χ0v) is 10.3. The van der Waals surface area contributed by atoms with Crippen molar-refractivity contribution in [1.82, 2.24) is 0 Å². The van der Waals surface area contributed by atoms with Crippen molar-refractivity contribution >= 4 is 23.5 Å². The normalized spacial score (nSPS) is 13.8. The Labute approximate surface area is 104 Å². The number of hydrogen-bond acceptors (Lipinski definition) is 3. The minimum absolute atomic E-state index is 0.0617. The third-order valence-electron chi connectivity index (χ3n) is 2.58. The Morgan fingerprint density at radius 2 is 1.88 bits per heavy atom. The standard InChI is InChI=1S/C12H13ClO4/c1-12(10(14)15,11(16)17-2)7-8-3-5-9(13)6-4-8/h3-6H,7H2,1-2H3,(H,14,15). The van der Waals surface area contributed by atoms with Gasteiger partial charge in [0, 0.05) is 5.02 Å². The number of carboxylic acids is 1. The van der Waals surface area contributed by atoms with E-state index in [0.29, 0.717) is 10.6 Å². The topological polar surface area (TPSA) is 63.6 Å². The largest absolute Gasteiger partial charge is 0.480 e. The highest BCUT2D eigenvalue weighted by molar-refractivity contribution is 6.30. The molecule has 0 fully saturated rings. The Hall–Kier alpha value is -1.55. The summed E-state index contributed by atoms with van der Waals surface area (Å²) in [6, 6.07) is 6.67. The third-order valence-corrected chi connectivity index (χ3v) is 2.83. The van der Waals surface area contributed by atoms with Crippen molar-refractivity contribution in [3.8, 4) is 0 Å². The smallest absolute Gasteiger partial charge is 0.323 e. The Morgan fingerprint density at radius 3 is 2.29 bits per heavy atom. The van der Waals surface area contributed by atoms with Crippen LogP contribution in [0.1, 0.15) is 12.5 Å². The summed E-state index contributed by atoms with van der Waals surface area (Å²) in [5.41, 5.74) is -0.868. The van der Waals surface area contributed by atoms with Crippen LogP contribution in [0.3, 0.4) is 0 Å². The number of methoxy groups -OCH3 is 1. The van der Waals surface area contributed by atoms with Crippen molar-refractivity contribution in [2.24, 2.45) is 5.41 Å². The molecule has 0 amide bonds. The average Bonchev–Trinajstić information content (AvgIpc) is 2.30. The molecule has 0 radical (unpaired) electrons. The molecule has 0 aromatic heterocycles. The summed E-state index contributed by atoms with van der Waals surface area (Å²) in [6.07, 6.45) is 0.0617. The van der Waals surface area contributed by atoms with E-state index < -0.39 is 17.4 Å². The van der Waals surface area contributed by atoms with Crippen molar-refractivity contribution in [3.05, 3.63) is 34.9 Å². The van der Waals surface area contributed by atoms with Gasteiger partial charge in [0.25, 0.3) is 0 Å². The fourth-order valence-electron chi connectivity index (χ4n) is 1.47. The van der Waals surface area contributed by atoms with Gasteiger partial charge in [0.05, 0.1) is 7.11 Å². The molecule has 4 nitrogen and oxygen atoms in total. The summed E-state index contributed by atoms with van der Waals surface area (Å²) in [4.78, 5) is 22.7. The zero-order chi connectivity index (χ0) is 13.1. The van der Waals surface area contributed by atoms with Crippen LogP contribution in [0.25, 0.3) is 0 Å². The van der Waals surface area contributed by atoms with Crippen molar-refractivity contribution in [1.29, 1.82) is 0 Å². The lowest BCUT2D eigenvalue weighted by Crippen LogP contribution is -2.39. The van der Waals surface area contributed by atoms with Crippen molar-refractivity contribution < 1.29 is 19.4 Å². The van der Waals surface area contributed by atoms with Gasteiger partial charge in [-0.15, -0.1) is 0 Å². The maximum atomic E-state index is 11.5. The third kappa shape index (κ3) is 2.97. The number of carboxylic acid groups (broad SMARTS) is 1. The van der Waals surface area contributed by atoms with Crippen molar-refractivity contribution in [3.63, 3.8) is 0 Å². The van der Waals surface area contributed by atoms with E-state index in [1.807, 2.05) is 0 Å². The van der Waals surface area contributed by atoms with E-state index in [-0.39, 0.29) is 6.42 Å². The molecule has 0 aliphatic rings. The first-order valence-electron chi connectivity index (χ1n) is 4.96. The van der Waals surface area contributed by atoms with Gasteiger partial charge in [-0.3, -0.25) is 9.59 Å². The highest BCUT2D eigenvalue weighted by Crippen LogP contribution is 2.25. The number of carbonyl (C=O) groups is 2. The molecular formula is C12H13ClO4. The summed E-state index contributed by atoms with van der Waals surface area (Å²) in [5, 5.41) is 9.68. The first kappa shape index (κ1) is 13.5. The minimum Gasteiger partial charge on any atom is -0.480 e. The number of benzene rings is 1. The predicted molar refractivity (Wildman–Crippen MR) is 62.9 cm³/mol. The fraction of sp³-hybridized carbons (Fsp3) is 0.333. The summed E-state index contributed by atoms with van der Waals surface area (Å²) >= 11 is 5.73. The van der Waals surface area contributed by atoms with Crippen LogP contribution in [0.4, 0.5) is 0 Å². The second kappa shape index (κ2) is 5.19. The summed E-state index contributed by atoms with van der Waals surface area (Å²) in [5.74, 6) is -1.97. The van der Waals surface area contributed by atoms with E-state index in [4.69, 9.17) is 16.7 Å². The second-order valence-electron chi connectivity index (χ2n) is 3.93. The number of aliphatic carboxylic acids is 1. The number of esters is 1. The molecule has 0 spiro atoms. The number of halogens is 1. The number of carbonyl (C=O) groups excluding carboxylic acids is 1. The molecule has 1 aromatic rings. The molecule has 0 aliphatic heterocycles. The molecule has 0 aliphatic carbocycles. The molecule has 1 aromatic carbocycles. The molecule has 0 saturated carbocycles. The van der Waals surface area contributed by atoms with Crippen LogP contribution >= 0.6 is 11.6 Å². The lowest BCUT2D eigenvalue weighted by Gasteiger charge is -2.21. The van der Waals surface area contributed by atoms with E-state index in [1.54, 1.807) is 24.3 Å². The Kier molecular flexibility index (Phi) is 4.12. The molecule has 1 rings (SSSR count). The maximum absolute atomic E-state index is 11.5. The minimum atomic E-state index is -1.58. The zero-order valence-electron chi connectivity index (χ0n) is 9.57. The van der Waals surface area contributed by atoms with Crippen LogP contribution in [-0.4, -0.2) is 24.2 Å². The maximum Gasteiger partial charge on any atom is 0.323 e. The molecular weight excluding hydrogens is 244 g/mol. The molecule has 1 unspecified atom stereocenters. The first-order chi connectivity index (χ1) is 7.90. The van der Waals surface area contributed by atoms with Crippen LogP contribution in [0.2, 0.25) is 5.02 Å². The van der Waals surface area contributed by atoms with Gasteiger partial charge in [-0.05, 0) is 31.0 Å². The summed E-state index contributed by atoms with van der Waals surface area (Å²) in [7, 11) is 1.17. The predicted octanol–water partition coefficient (Wildman–Crippen LogP) is 2.15. The van der Waals surface area contributed by atoms with E-state index >= 15 is 0 Å². The Bertz CT molecular complexity index is 427. The highest BCUT2D eigenvalue weighted by Gasteiger charge is 2.42. The van der Waals surface area contributed by atoms with Gasteiger partial charge in [0.1, 0.15) is 0 Å². The van der Waals surface area contributed by atoms with Crippen LogP contribution < -0.4 is 0 Å². The molecule has 92 valence electrons. The van der Waals surface area contributed by atoms with Gasteiger partial charge < -0.3 is 9.84 Å². The lowest BCUT2D eigenvalue weighted by atomic mass is 9.84. The Morgan fingerprint density at radius 1 is 1.35 bits per heavy atom. The van der Waals surface area contributed by atoms with E-state index in [1.165, 1.54) is 14.0 Å². The molecule has 1 N–H and O–H groups in total. The van der Waals surface area contributed by atoms with Crippen LogP contribution in [-0.2, 0) is 20.7 Å². The molecule has 17 heavy (non-hydrogen) atoms. The lowest BCUT2D eigenvalue weighted by molar-refractivity contribution is -0.165. The monoisotopic (exact) mass is 256 g/mol. The molecule has 0 heterocycles. The fourth-order valence-corrected chi connectivity index (χ4v) is 1.60. The van der Waals surface area contributed by atoms with Gasteiger partial charge in [0.15, 0.2) is 5.41 Å². The van der Waals surface area contributed by atoms with Crippen LogP contribution in [0.15, 0.2) is 24.3 Å². The van der Waals surface area contributed by atoms with Crippen LogP contribution in [0, 0.1) is 5.41 Å². The number of ether oxygens (including phenoxy) is 1. The van der Waals surface area contributed by atoms with Gasteiger partial charge >= 0.3 is 11.9 Å². The second-order valence-corrected chi connectivity index (χ2v) is 4.37. The molecule has 0 bridgehead atoms. The first-order valence-corrected chi connectivity index (χ1v) is 5.34. The molecule has 1 atom stereocenters. The van der Waals surface area contributed by atoms with E-state index in [9.17, 15) is 9.59 Å². The van der Waals surface area contributed by atoms with E-state index in [0.717, 1.165) is 0 Å². The van der Waals surface area contributed by atoms with E-state index in [2.05, 4.69) is 4.74 Å². The van der Waals surface area contributed by atoms with Crippen molar-refractivity contribution in [2.75, 3.05) is 7.11 Å². The molecule has 5 heteroatoms. The van der Waals surface area contributed by atoms with Gasteiger partial charge in [-0.2, -0.15) is 0 Å². The number of rotatable bonds is 4. The number of hydrogen-bond donors (Lipinski definition) is 1. The quantitative estimate of drug-likeness (QED) is 0.662. The summed E-state index contributed by atoms with van der Waals surface area (Å²) < 4.78 is 4.53. The van der Waals surface area contributed by atoms with Crippen LogP contribution in [0.5, 0.6) is 0 Å². The highest BCUT2D eigenvalue weighted by atomic mass is 35.5. The van der Waals surface area contributed by atoms with Crippen molar-refractivity contribution in [2.45, 2.75) is 13.3 Å². The molecule has 0 saturated heterocycles.